The smallest absolute Gasteiger partial charge is 0.261 e. The Bertz CT molecular complexity index is 1250. The number of sulfonamides is 1. The van der Waals surface area contributed by atoms with Crippen LogP contribution < -0.4 is 20.3 Å². The second-order valence-electron chi connectivity index (χ2n) is 7.06. The van der Waals surface area contributed by atoms with Crippen LogP contribution in [0.5, 0.6) is 5.75 Å². The van der Waals surface area contributed by atoms with Crippen LogP contribution in [0.25, 0.3) is 10.9 Å². The molecule has 10 heteroatoms. The average Bonchev–Trinajstić information content (AvgIpc) is 2.70. The molecule has 0 saturated heterocycles. The van der Waals surface area contributed by atoms with Crippen molar-refractivity contribution < 1.29 is 17.9 Å². The summed E-state index contributed by atoms with van der Waals surface area (Å²) >= 11 is 0. The zero-order valence-electron chi connectivity index (χ0n) is 17.3. The van der Waals surface area contributed by atoms with Crippen LogP contribution in [0.2, 0.25) is 0 Å². The minimum absolute atomic E-state index is 0.132. The molecule has 0 fully saturated rings. The summed E-state index contributed by atoms with van der Waals surface area (Å²) in [4.78, 5) is 29.0. The van der Waals surface area contributed by atoms with Crippen LogP contribution in [0.3, 0.4) is 0 Å². The first-order valence-corrected chi connectivity index (χ1v) is 11.5. The Morgan fingerprint density at radius 1 is 1.19 bits per heavy atom. The fourth-order valence-electron chi connectivity index (χ4n) is 3.03. The molecule has 0 saturated carbocycles. The molecule has 0 spiro atoms. The molecule has 3 aromatic rings. The Morgan fingerprint density at radius 3 is 2.74 bits per heavy atom. The SMILES string of the molecule is Cc1cccc2c(=O)n(CCC(=O)NCCOc3cccc(NS(C)(=O)=O)c3)cnc12. The normalized spacial score (nSPS) is 11.3. The van der Waals surface area contributed by atoms with Crippen LogP contribution in [-0.4, -0.2) is 43.3 Å². The van der Waals surface area contributed by atoms with Gasteiger partial charge in [0.1, 0.15) is 12.4 Å². The molecule has 0 atom stereocenters. The number of aromatic nitrogens is 2. The first-order chi connectivity index (χ1) is 14.7. The zero-order chi connectivity index (χ0) is 22.4. The molecule has 0 aliphatic heterocycles. The molecule has 0 aliphatic rings. The van der Waals surface area contributed by atoms with E-state index in [-0.39, 0.29) is 37.6 Å². The van der Waals surface area contributed by atoms with Gasteiger partial charge in [-0.3, -0.25) is 18.9 Å². The number of nitrogens with one attached hydrogen (secondary N) is 2. The van der Waals surface area contributed by atoms with Crippen molar-refractivity contribution in [1.82, 2.24) is 14.9 Å². The third-order valence-electron chi connectivity index (χ3n) is 4.47. The maximum atomic E-state index is 12.6. The molecular weight excluding hydrogens is 420 g/mol. The Kier molecular flexibility index (Phi) is 6.91. The lowest BCUT2D eigenvalue weighted by molar-refractivity contribution is -0.121. The first-order valence-electron chi connectivity index (χ1n) is 9.65. The van der Waals surface area contributed by atoms with E-state index in [0.717, 1.165) is 11.8 Å². The highest BCUT2D eigenvalue weighted by molar-refractivity contribution is 7.92. The van der Waals surface area contributed by atoms with Crippen molar-refractivity contribution in [3.05, 3.63) is 64.7 Å². The average molecular weight is 445 g/mol. The predicted molar refractivity (Wildman–Crippen MR) is 119 cm³/mol. The van der Waals surface area contributed by atoms with E-state index in [1.165, 1.54) is 10.9 Å². The summed E-state index contributed by atoms with van der Waals surface area (Å²) in [5.74, 6) is 0.263. The van der Waals surface area contributed by atoms with Crippen LogP contribution >= 0.6 is 0 Å². The quantitative estimate of drug-likeness (QED) is 0.485. The highest BCUT2D eigenvalue weighted by atomic mass is 32.2. The number of hydrogen-bond acceptors (Lipinski definition) is 6. The van der Waals surface area contributed by atoms with Gasteiger partial charge in [0.15, 0.2) is 0 Å². The molecule has 2 aromatic carbocycles. The van der Waals surface area contributed by atoms with Gasteiger partial charge in [-0.1, -0.05) is 18.2 Å². The first kappa shape index (κ1) is 22.3. The van der Waals surface area contributed by atoms with Gasteiger partial charge in [0.2, 0.25) is 15.9 Å². The Hall–Kier alpha value is -3.40. The topological polar surface area (TPSA) is 119 Å². The molecule has 9 nitrogen and oxygen atoms in total. The lowest BCUT2D eigenvalue weighted by Crippen LogP contribution is -2.30. The number of ether oxygens (including phenoxy) is 1. The number of aryl methyl sites for hydroxylation is 2. The third kappa shape index (κ3) is 6.29. The Labute approximate surface area is 180 Å². The summed E-state index contributed by atoms with van der Waals surface area (Å²) in [5, 5.41) is 3.26. The third-order valence-corrected chi connectivity index (χ3v) is 5.07. The summed E-state index contributed by atoms with van der Waals surface area (Å²) in [7, 11) is -3.37. The van der Waals surface area contributed by atoms with Crippen molar-refractivity contribution >= 4 is 32.5 Å². The largest absolute Gasteiger partial charge is 0.492 e. The molecule has 0 unspecified atom stereocenters. The van der Waals surface area contributed by atoms with E-state index in [2.05, 4.69) is 15.0 Å². The van der Waals surface area contributed by atoms with Gasteiger partial charge in [-0.2, -0.15) is 0 Å². The fraction of sp³-hybridized carbons (Fsp3) is 0.286. The van der Waals surface area contributed by atoms with E-state index in [0.29, 0.717) is 22.3 Å². The number of benzene rings is 2. The number of fused-ring (bicyclic) bond motifs is 1. The van der Waals surface area contributed by atoms with Crippen LogP contribution in [0.1, 0.15) is 12.0 Å². The maximum Gasteiger partial charge on any atom is 0.261 e. The highest BCUT2D eigenvalue weighted by Gasteiger charge is 2.08. The number of hydrogen-bond donors (Lipinski definition) is 2. The number of anilines is 1. The number of para-hydroxylation sites is 1. The van der Waals surface area contributed by atoms with Gasteiger partial charge in [-0.15, -0.1) is 0 Å². The molecule has 3 rings (SSSR count). The van der Waals surface area contributed by atoms with Crippen molar-refractivity contribution in [2.45, 2.75) is 19.9 Å². The molecule has 0 radical (unpaired) electrons. The molecular formula is C21H24N4O5S. The summed E-state index contributed by atoms with van der Waals surface area (Å²) in [6.07, 6.45) is 2.66. The lowest BCUT2D eigenvalue weighted by atomic mass is 10.1. The Balaban J connectivity index is 1.46. The summed E-state index contributed by atoms with van der Waals surface area (Å²) in [6, 6.07) is 12.0. The van der Waals surface area contributed by atoms with Crippen molar-refractivity contribution in [3.63, 3.8) is 0 Å². The number of amides is 1. The van der Waals surface area contributed by atoms with Crippen LogP contribution in [0, 0.1) is 6.92 Å². The van der Waals surface area contributed by atoms with Crippen molar-refractivity contribution in [2.24, 2.45) is 0 Å². The molecule has 2 N–H and O–H groups in total. The molecule has 31 heavy (non-hydrogen) atoms. The number of nitrogens with zero attached hydrogens (tertiary/aromatic N) is 2. The number of rotatable bonds is 9. The standard InChI is InChI=1S/C21H24N4O5S/c1-15-5-3-8-18-20(15)23-14-25(21(18)27)11-9-19(26)22-10-12-30-17-7-4-6-16(13-17)24-31(2,28)29/h3-8,13-14,24H,9-12H2,1-2H3,(H,22,26). The van der Waals surface area contributed by atoms with Gasteiger partial charge >= 0.3 is 0 Å². The minimum atomic E-state index is -3.37. The van der Waals surface area contributed by atoms with Crippen LogP contribution in [-0.2, 0) is 21.4 Å². The van der Waals surface area contributed by atoms with Gasteiger partial charge in [0.25, 0.3) is 5.56 Å². The minimum Gasteiger partial charge on any atom is -0.492 e. The van der Waals surface area contributed by atoms with Gasteiger partial charge in [0, 0.05) is 19.0 Å². The van der Waals surface area contributed by atoms with E-state index in [1.807, 2.05) is 19.1 Å². The molecule has 1 heterocycles. The molecule has 0 bridgehead atoms. The predicted octanol–water partition coefficient (Wildman–Crippen LogP) is 1.66. The van der Waals surface area contributed by atoms with Crippen LogP contribution in [0.15, 0.2) is 53.6 Å². The van der Waals surface area contributed by atoms with E-state index in [4.69, 9.17) is 4.74 Å². The van der Waals surface area contributed by atoms with E-state index < -0.39 is 10.0 Å². The maximum absolute atomic E-state index is 12.6. The second-order valence-corrected chi connectivity index (χ2v) is 8.81. The van der Waals surface area contributed by atoms with Crippen LogP contribution in [0.4, 0.5) is 5.69 Å². The van der Waals surface area contributed by atoms with Crippen molar-refractivity contribution in [1.29, 1.82) is 0 Å². The number of carbonyl (C=O) groups excluding carboxylic acids is 1. The van der Waals surface area contributed by atoms with Crippen molar-refractivity contribution in [3.8, 4) is 5.75 Å². The zero-order valence-corrected chi connectivity index (χ0v) is 18.1. The van der Waals surface area contributed by atoms with Gasteiger partial charge in [-0.25, -0.2) is 13.4 Å². The summed E-state index contributed by atoms with van der Waals surface area (Å²) < 4.78 is 31.9. The van der Waals surface area contributed by atoms with Gasteiger partial charge in [-0.05, 0) is 30.7 Å². The molecule has 0 aliphatic carbocycles. The molecule has 1 aromatic heterocycles. The molecule has 1 amide bonds. The number of carbonyl (C=O) groups is 1. The van der Waals surface area contributed by atoms with E-state index in [1.54, 1.807) is 30.3 Å². The highest BCUT2D eigenvalue weighted by Crippen LogP contribution is 2.18. The Morgan fingerprint density at radius 2 is 1.97 bits per heavy atom. The fourth-order valence-corrected chi connectivity index (χ4v) is 3.59. The molecule has 164 valence electrons. The second kappa shape index (κ2) is 9.61. The summed E-state index contributed by atoms with van der Waals surface area (Å²) in [5.41, 5.74) is 1.82. The summed E-state index contributed by atoms with van der Waals surface area (Å²) in [6.45, 7) is 2.60. The lowest BCUT2D eigenvalue weighted by Gasteiger charge is -2.10. The van der Waals surface area contributed by atoms with Gasteiger partial charge in [0.05, 0.1) is 35.7 Å². The van der Waals surface area contributed by atoms with E-state index in [9.17, 15) is 18.0 Å². The van der Waals surface area contributed by atoms with Gasteiger partial charge < -0.3 is 10.1 Å². The van der Waals surface area contributed by atoms with Crippen molar-refractivity contribution in [2.75, 3.05) is 24.1 Å². The van der Waals surface area contributed by atoms with E-state index >= 15 is 0 Å². The monoisotopic (exact) mass is 444 g/mol.